The van der Waals surface area contributed by atoms with E-state index in [2.05, 4.69) is 30.4 Å². The molecule has 7 heteroatoms. The Morgan fingerprint density at radius 2 is 2.00 bits per heavy atom. The van der Waals surface area contributed by atoms with Crippen LogP contribution in [0, 0.1) is 6.92 Å². The molecule has 0 aliphatic rings. The molecule has 138 valence electrons. The highest BCUT2D eigenvalue weighted by Gasteiger charge is 2.14. The van der Waals surface area contributed by atoms with Gasteiger partial charge >= 0.3 is 0 Å². The van der Waals surface area contributed by atoms with Crippen molar-refractivity contribution in [3.8, 4) is 5.75 Å². The molecule has 0 atom stereocenters. The standard InChI is InChI=1S/C20H19N3O2S2/c1-10(2)25-15-6-4-13(19(21)24)9-14(15)22-20-23-17-16(27-20)7-5-12-8-11(3)26-18(12)17/h4-10H,1-3H3,(H2,21,24)(H,22,23). The van der Waals surface area contributed by atoms with Crippen molar-refractivity contribution in [2.24, 2.45) is 5.73 Å². The summed E-state index contributed by atoms with van der Waals surface area (Å²) < 4.78 is 8.17. The molecule has 4 aromatic rings. The third-order valence-corrected chi connectivity index (χ3v) is 6.04. The molecule has 0 bridgehead atoms. The maximum absolute atomic E-state index is 11.6. The Morgan fingerprint density at radius 3 is 2.74 bits per heavy atom. The van der Waals surface area contributed by atoms with Crippen molar-refractivity contribution >= 4 is 59.7 Å². The van der Waals surface area contributed by atoms with Crippen molar-refractivity contribution < 1.29 is 9.53 Å². The first-order valence-corrected chi connectivity index (χ1v) is 10.2. The van der Waals surface area contributed by atoms with Crippen LogP contribution in [0.2, 0.25) is 0 Å². The van der Waals surface area contributed by atoms with Crippen LogP contribution in [0.15, 0.2) is 36.4 Å². The minimum atomic E-state index is -0.478. The van der Waals surface area contributed by atoms with Crippen LogP contribution in [-0.2, 0) is 0 Å². The third kappa shape index (κ3) is 3.48. The summed E-state index contributed by atoms with van der Waals surface area (Å²) in [7, 11) is 0. The van der Waals surface area contributed by atoms with Crippen LogP contribution >= 0.6 is 22.7 Å². The summed E-state index contributed by atoms with van der Waals surface area (Å²) >= 11 is 3.32. The minimum Gasteiger partial charge on any atom is -0.489 e. The zero-order valence-corrected chi connectivity index (χ0v) is 16.8. The highest BCUT2D eigenvalue weighted by molar-refractivity contribution is 7.24. The fraction of sp³-hybridized carbons (Fsp3) is 0.200. The lowest BCUT2D eigenvalue weighted by molar-refractivity contribution is 0.100. The normalized spacial score (nSPS) is 11.4. The van der Waals surface area contributed by atoms with E-state index in [1.165, 1.54) is 15.0 Å². The fourth-order valence-corrected chi connectivity index (χ4v) is 4.88. The Balaban J connectivity index is 1.77. The summed E-state index contributed by atoms with van der Waals surface area (Å²) in [6.07, 6.45) is 0.00839. The summed E-state index contributed by atoms with van der Waals surface area (Å²) in [6.45, 7) is 6.02. The van der Waals surface area contributed by atoms with Crippen molar-refractivity contribution in [3.63, 3.8) is 0 Å². The number of hydrogen-bond donors (Lipinski definition) is 2. The number of nitrogens with one attached hydrogen (secondary N) is 1. The number of carbonyl (C=O) groups is 1. The number of benzene rings is 2. The van der Waals surface area contributed by atoms with Gasteiger partial charge in [0, 0.05) is 10.4 Å². The minimum absolute atomic E-state index is 0.00839. The van der Waals surface area contributed by atoms with Gasteiger partial charge in [-0.2, -0.15) is 0 Å². The average Bonchev–Trinajstić information content (AvgIpc) is 3.17. The van der Waals surface area contributed by atoms with Gasteiger partial charge in [0.15, 0.2) is 5.13 Å². The number of aromatic nitrogens is 1. The fourth-order valence-electron chi connectivity index (χ4n) is 2.92. The maximum Gasteiger partial charge on any atom is 0.248 e. The van der Waals surface area contributed by atoms with Crippen LogP contribution in [0.25, 0.3) is 20.3 Å². The first kappa shape index (κ1) is 17.8. The number of nitrogens with zero attached hydrogens (tertiary/aromatic N) is 1. The zero-order chi connectivity index (χ0) is 19.1. The second-order valence-corrected chi connectivity index (χ2v) is 8.86. The quantitative estimate of drug-likeness (QED) is 0.469. The molecule has 0 saturated heterocycles. The lowest BCUT2D eigenvalue weighted by atomic mass is 10.1. The molecule has 2 aromatic carbocycles. The van der Waals surface area contributed by atoms with Crippen LogP contribution < -0.4 is 15.8 Å². The van der Waals surface area contributed by atoms with Crippen molar-refractivity contribution in [2.45, 2.75) is 26.9 Å². The van der Waals surface area contributed by atoms with Crippen LogP contribution in [0.1, 0.15) is 29.1 Å². The summed E-state index contributed by atoms with van der Waals surface area (Å²) in [6, 6.07) is 11.5. The molecule has 0 aliphatic heterocycles. The van der Waals surface area contributed by atoms with E-state index in [9.17, 15) is 4.79 Å². The first-order valence-electron chi connectivity index (χ1n) is 8.58. The van der Waals surface area contributed by atoms with Crippen molar-refractivity contribution in [1.29, 1.82) is 0 Å². The molecule has 27 heavy (non-hydrogen) atoms. The van der Waals surface area contributed by atoms with Gasteiger partial charge in [0.05, 0.1) is 21.2 Å². The number of thiophene rings is 1. The summed E-state index contributed by atoms with van der Waals surface area (Å²) in [5.41, 5.74) is 7.53. The van der Waals surface area contributed by atoms with Crippen LogP contribution in [0.4, 0.5) is 10.8 Å². The van der Waals surface area contributed by atoms with E-state index in [-0.39, 0.29) is 6.10 Å². The zero-order valence-electron chi connectivity index (χ0n) is 15.2. The molecule has 0 aliphatic carbocycles. The molecular weight excluding hydrogens is 378 g/mol. The molecule has 1 amide bonds. The molecule has 2 aromatic heterocycles. The number of primary amides is 1. The van der Waals surface area contributed by atoms with Crippen molar-refractivity contribution in [1.82, 2.24) is 4.98 Å². The Kier molecular flexibility index (Phi) is 4.49. The molecule has 0 saturated carbocycles. The van der Waals surface area contributed by atoms with Gasteiger partial charge in [-0.15, -0.1) is 11.3 Å². The van der Waals surface area contributed by atoms with E-state index in [1.807, 2.05) is 13.8 Å². The summed E-state index contributed by atoms with van der Waals surface area (Å²) in [5, 5.41) is 5.27. The van der Waals surface area contributed by atoms with E-state index >= 15 is 0 Å². The molecule has 0 fully saturated rings. The van der Waals surface area contributed by atoms with E-state index in [1.54, 1.807) is 40.9 Å². The van der Waals surface area contributed by atoms with Gasteiger partial charge in [-0.1, -0.05) is 17.4 Å². The molecule has 0 radical (unpaired) electrons. The topological polar surface area (TPSA) is 77.2 Å². The first-order chi connectivity index (χ1) is 12.9. The smallest absolute Gasteiger partial charge is 0.248 e. The highest BCUT2D eigenvalue weighted by Crippen LogP contribution is 2.38. The van der Waals surface area contributed by atoms with Crippen LogP contribution in [-0.4, -0.2) is 17.0 Å². The largest absolute Gasteiger partial charge is 0.489 e. The number of rotatable bonds is 5. The second kappa shape index (κ2) is 6.83. The van der Waals surface area contributed by atoms with Gasteiger partial charge in [-0.3, -0.25) is 4.79 Å². The number of aryl methyl sites for hydroxylation is 1. The molecule has 5 nitrogen and oxygen atoms in total. The van der Waals surface area contributed by atoms with Gasteiger partial charge in [0.1, 0.15) is 11.3 Å². The second-order valence-electron chi connectivity index (χ2n) is 6.57. The molecule has 0 unspecified atom stereocenters. The van der Waals surface area contributed by atoms with Crippen molar-refractivity contribution in [3.05, 3.63) is 46.8 Å². The lowest BCUT2D eigenvalue weighted by Crippen LogP contribution is -2.12. The van der Waals surface area contributed by atoms with Gasteiger partial charge < -0.3 is 15.8 Å². The van der Waals surface area contributed by atoms with E-state index < -0.39 is 5.91 Å². The predicted molar refractivity (Wildman–Crippen MR) is 114 cm³/mol. The Bertz CT molecular complexity index is 1160. The number of fused-ring (bicyclic) bond motifs is 3. The van der Waals surface area contributed by atoms with E-state index in [4.69, 9.17) is 15.5 Å². The number of nitrogens with two attached hydrogens (primary N) is 1. The summed E-state index contributed by atoms with van der Waals surface area (Å²) in [5.74, 6) is 0.181. The predicted octanol–water partition coefficient (Wildman–Crippen LogP) is 5.45. The maximum atomic E-state index is 11.6. The van der Waals surface area contributed by atoms with E-state index in [0.717, 1.165) is 15.3 Å². The number of carbonyl (C=O) groups excluding carboxylic acids is 1. The number of thiazole rings is 1. The van der Waals surface area contributed by atoms with Crippen LogP contribution in [0.5, 0.6) is 5.75 Å². The van der Waals surface area contributed by atoms with Gasteiger partial charge in [-0.05, 0) is 56.5 Å². The average molecular weight is 398 g/mol. The summed E-state index contributed by atoms with van der Waals surface area (Å²) in [4.78, 5) is 17.6. The number of hydrogen-bond acceptors (Lipinski definition) is 6. The Labute approximate surface area is 164 Å². The van der Waals surface area contributed by atoms with Gasteiger partial charge in [0.25, 0.3) is 0 Å². The number of amides is 1. The monoisotopic (exact) mass is 397 g/mol. The van der Waals surface area contributed by atoms with E-state index in [0.29, 0.717) is 17.0 Å². The van der Waals surface area contributed by atoms with Crippen LogP contribution in [0.3, 0.4) is 0 Å². The lowest BCUT2D eigenvalue weighted by Gasteiger charge is -2.15. The molecular formula is C20H19N3O2S2. The molecule has 2 heterocycles. The third-order valence-electron chi connectivity index (χ3n) is 4.04. The molecule has 4 rings (SSSR count). The molecule has 0 spiro atoms. The van der Waals surface area contributed by atoms with Gasteiger partial charge in [0.2, 0.25) is 5.91 Å². The SMILES string of the molecule is Cc1cc2ccc3sc(Nc4cc(C(N)=O)ccc4OC(C)C)nc3c2s1. The Hall–Kier alpha value is -2.64. The number of ether oxygens (including phenoxy) is 1. The van der Waals surface area contributed by atoms with Gasteiger partial charge in [-0.25, -0.2) is 4.98 Å². The highest BCUT2D eigenvalue weighted by atomic mass is 32.1. The Morgan fingerprint density at radius 1 is 1.19 bits per heavy atom. The van der Waals surface area contributed by atoms with Crippen molar-refractivity contribution in [2.75, 3.05) is 5.32 Å². The molecule has 3 N–H and O–H groups in total. The number of anilines is 2.